The Morgan fingerprint density at radius 1 is 1.39 bits per heavy atom. The first-order valence-electron chi connectivity index (χ1n) is 5.35. The highest BCUT2D eigenvalue weighted by Crippen LogP contribution is 2.19. The number of phenols is 1. The number of methoxy groups -OCH3 is 2. The number of nitrogens with one attached hydrogen (secondary N) is 1. The summed E-state index contributed by atoms with van der Waals surface area (Å²) in [6.45, 7) is 1.65. The number of halogens is 1. The van der Waals surface area contributed by atoms with Crippen LogP contribution in [0.3, 0.4) is 0 Å². The molecule has 0 fully saturated rings. The van der Waals surface area contributed by atoms with Crippen molar-refractivity contribution in [2.24, 2.45) is 0 Å². The molecule has 0 aromatic heterocycles. The first-order valence-corrected chi connectivity index (χ1v) is 5.35. The number of amides is 1. The molecule has 2 N–H and O–H groups in total. The molecular formula is C12H16FNO4. The van der Waals surface area contributed by atoms with Crippen molar-refractivity contribution >= 4 is 5.91 Å². The third kappa shape index (κ3) is 3.18. The fourth-order valence-corrected chi connectivity index (χ4v) is 1.59. The van der Waals surface area contributed by atoms with Gasteiger partial charge in [0.1, 0.15) is 17.1 Å². The van der Waals surface area contributed by atoms with Crippen molar-refractivity contribution in [3.05, 3.63) is 29.6 Å². The largest absolute Gasteiger partial charge is 0.507 e. The van der Waals surface area contributed by atoms with Crippen LogP contribution < -0.4 is 5.32 Å². The van der Waals surface area contributed by atoms with Gasteiger partial charge >= 0.3 is 0 Å². The molecule has 0 spiro atoms. The molecule has 6 heteroatoms. The molecule has 0 aliphatic carbocycles. The van der Waals surface area contributed by atoms with E-state index in [1.54, 1.807) is 6.92 Å². The van der Waals surface area contributed by atoms with Gasteiger partial charge in [-0.2, -0.15) is 0 Å². The average Bonchev–Trinajstić information content (AvgIpc) is 2.30. The van der Waals surface area contributed by atoms with Crippen LogP contribution in [0.25, 0.3) is 0 Å². The van der Waals surface area contributed by atoms with Gasteiger partial charge in [-0.3, -0.25) is 4.79 Å². The van der Waals surface area contributed by atoms with Crippen molar-refractivity contribution in [2.75, 3.05) is 14.2 Å². The number of hydrogen-bond donors (Lipinski definition) is 2. The Morgan fingerprint density at radius 3 is 2.50 bits per heavy atom. The number of aromatic hydroxyl groups is 1. The molecule has 0 saturated heterocycles. The molecule has 0 aliphatic heterocycles. The maximum absolute atomic E-state index is 13.4. The van der Waals surface area contributed by atoms with Crippen LogP contribution in [0.15, 0.2) is 18.2 Å². The van der Waals surface area contributed by atoms with Crippen LogP contribution >= 0.6 is 0 Å². The van der Waals surface area contributed by atoms with Crippen LogP contribution in [0.2, 0.25) is 0 Å². The van der Waals surface area contributed by atoms with E-state index in [-0.39, 0.29) is 0 Å². The molecule has 1 unspecified atom stereocenters. The average molecular weight is 257 g/mol. The van der Waals surface area contributed by atoms with Crippen molar-refractivity contribution in [2.45, 2.75) is 19.3 Å². The maximum Gasteiger partial charge on any atom is 0.258 e. The standard InChI is InChI=1S/C12H16FNO4/c1-7(12(17-2)18-3)14-11(16)10-8(13)5-4-6-9(10)15/h4-7,12,15H,1-3H3,(H,14,16). The van der Waals surface area contributed by atoms with Gasteiger partial charge in [0, 0.05) is 14.2 Å². The normalized spacial score (nSPS) is 12.5. The molecule has 0 radical (unpaired) electrons. The van der Waals surface area contributed by atoms with Crippen molar-refractivity contribution in [3.8, 4) is 5.75 Å². The lowest BCUT2D eigenvalue weighted by Crippen LogP contribution is -2.43. The van der Waals surface area contributed by atoms with Crippen molar-refractivity contribution in [1.29, 1.82) is 0 Å². The summed E-state index contributed by atoms with van der Waals surface area (Å²) in [6, 6.07) is 3.17. The number of benzene rings is 1. The van der Waals surface area contributed by atoms with Crippen LogP contribution in [-0.2, 0) is 9.47 Å². The SMILES string of the molecule is COC(OC)C(C)NC(=O)c1c(O)cccc1F. The number of carbonyl (C=O) groups excluding carboxylic acids is 1. The van der Waals surface area contributed by atoms with Crippen LogP contribution in [0, 0.1) is 5.82 Å². The van der Waals surface area contributed by atoms with Gasteiger partial charge in [0.25, 0.3) is 5.91 Å². The number of hydrogen-bond acceptors (Lipinski definition) is 4. The summed E-state index contributed by atoms with van der Waals surface area (Å²) in [4.78, 5) is 11.8. The molecule has 0 aliphatic rings. The van der Waals surface area contributed by atoms with E-state index in [0.29, 0.717) is 0 Å². The molecule has 0 bridgehead atoms. The Kier molecular flexibility index (Phi) is 5.06. The van der Waals surface area contributed by atoms with Crippen molar-refractivity contribution in [3.63, 3.8) is 0 Å². The van der Waals surface area contributed by atoms with Gasteiger partial charge in [-0.15, -0.1) is 0 Å². The zero-order valence-electron chi connectivity index (χ0n) is 10.4. The lowest BCUT2D eigenvalue weighted by Gasteiger charge is -2.22. The Hall–Kier alpha value is -1.66. The fraction of sp³-hybridized carbons (Fsp3) is 0.417. The number of phenolic OH excluding ortho intramolecular Hbond substituents is 1. The predicted octanol–water partition coefficient (Wildman–Crippen LogP) is 1.27. The van der Waals surface area contributed by atoms with E-state index in [0.717, 1.165) is 6.07 Å². The lowest BCUT2D eigenvalue weighted by molar-refractivity contribution is -0.117. The van der Waals surface area contributed by atoms with Gasteiger partial charge in [0.15, 0.2) is 6.29 Å². The lowest BCUT2D eigenvalue weighted by atomic mass is 10.1. The van der Waals surface area contributed by atoms with E-state index < -0.39 is 35.4 Å². The Bertz CT molecular complexity index is 400. The third-order valence-corrected chi connectivity index (χ3v) is 2.45. The highest BCUT2D eigenvalue weighted by molar-refractivity contribution is 5.97. The molecule has 100 valence electrons. The zero-order chi connectivity index (χ0) is 13.7. The van der Waals surface area contributed by atoms with E-state index in [1.807, 2.05) is 0 Å². The fourth-order valence-electron chi connectivity index (χ4n) is 1.59. The Labute approximate surface area is 105 Å². The molecule has 1 rings (SSSR count). The molecule has 18 heavy (non-hydrogen) atoms. The summed E-state index contributed by atoms with van der Waals surface area (Å²) >= 11 is 0. The van der Waals surface area contributed by atoms with E-state index in [4.69, 9.17) is 9.47 Å². The quantitative estimate of drug-likeness (QED) is 0.779. The second-order valence-corrected chi connectivity index (χ2v) is 3.74. The van der Waals surface area contributed by atoms with Crippen molar-refractivity contribution in [1.82, 2.24) is 5.32 Å². The molecule has 0 saturated carbocycles. The topological polar surface area (TPSA) is 67.8 Å². The van der Waals surface area contributed by atoms with Crippen molar-refractivity contribution < 1.29 is 23.8 Å². The van der Waals surface area contributed by atoms with Crippen LogP contribution in [-0.4, -0.2) is 37.6 Å². The van der Waals surface area contributed by atoms with Gasteiger partial charge in [0.05, 0.1) is 6.04 Å². The number of rotatable bonds is 5. The highest BCUT2D eigenvalue weighted by atomic mass is 19.1. The number of ether oxygens (including phenoxy) is 2. The second-order valence-electron chi connectivity index (χ2n) is 3.74. The molecule has 1 amide bonds. The van der Waals surface area contributed by atoms with E-state index in [9.17, 15) is 14.3 Å². The summed E-state index contributed by atoms with van der Waals surface area (Å²) in [5, 5.41) is 12.0. The summed E-state index contributed by atoms with van der Waals surface area (Å²) in [6.07, 6.45) is -0.650. The Balaban J connectivity index is 2.83. The molecule has 0 heterocycles. The molecule has 5 nitrogen and oxygen atoms in total. The predicted molar refractivity (Wildman–Crippen MR) is 62.8 cm³/mol. The second kappa shape index (κ2) is 6.32. The van der Waals surface area contributed by atoms with Crippen LogP contribution in [0.4, 0.5) is 4.39 Å². The van der Waals surface area contributed by atoms with Gasteiger partial charge in [-0.25, -0.2) is 4.39 Å². The van der Waals surface area contributed by atoms with Crippen LogP contribution in [0.5, 0.6) is 5.75 Å². The minimum absolute atomic E-state index is 0.393. The van der Waals surface area contributed by atoms with E-state index in [1.165, 1.54) is 26.4 Å². The van der Waals surface area contributed by atoms with Gasteiger partial charge in [-0.1, -0.05) is 6.07 Å². The summed E-state index contributed by atoms with van der Waals surface area (Å²) < 4.78 is 23.4. The maximum atomic E-state index is 13.4. The first kappa shape index (κ1) is 14.4. The molecule has 1 aromatic rings. The summed E-state index contributed by atoms with van der Waals surface area (Å²) in [5.41, 5.74) is -0.393. The summed E-state index contributed by atoms with van der Waals surface area (Å²) in [5.74, 6) is -1.92. The number of carbonyl (C=O) groups is 1. The molecule has 1 atom stereocenters. The summed E-state index contributed by atoms with van der Waals surface area (Å²) in [7, 11) is 2.86. The minimum atomic E-state index is -0.786. The monoisotopic (exact) mass is 257 g/mol. The van der Waals surface area contributed by atoms with Gasteiger partial charge in [0.2, 0.25) is 0 Å². The Morgan fingerprint density at radius 2 is 2.00 bits per heavy atom. The van der Waals surface area contributed by atoms with E-state index in [2.05, 4.69) is 5.32 Å². The molecule has 1 aromatic carbocycles. The zero-order valence-corrected chi connectivity index (χ0v) is 10.4. The minimum Gasteiger partial charge on any atom is -0.507 e. The van der Waals surface area contributed by atoms with Gasteiger partial charge < -0.3 is 19.9 Å². The van der Waals surface area contributed by atoms with Crippen LogP contribution in [0.1, 0.15) is 17.3 Å². The van der Waals surface area contributed by atoms with E-state index >= 15 is 0 Å². The molecular weight excluding hydrogens is 241 g/mol. The highest BCUT2D eigenvalue weighted by Gasteiger charge is 2.22. The first-order chi connectivity index (χ1) is 8.51. The third-order valence-electron chi connectivity index (χ3n) is 2.45. The van der Waals surface area contributed by atoms with Gasteiger partial charge in [-0.05, 0) is 19.1 Å². The smallest absolute Gasteiger partial charge is 0.258 e.